The summed E-state index contributed by atoms with van der Waals surface area (Å²) in [7, 11) is 3.71. The topological polar surface area (TPSA) is 77.6 Å². The van der Waals surface area contributed by atoms with Crippen LogP contribution in [0.4, 0.5) is 5.69 Å². The van der Waals surface area contributed by atoms with E-state index >= 15 is 0 Å². The number of benzene rings is 1. The highest BCUT2D eigenvalue weighted by Gasteiger charge is 2.14. The summed E-state index contributed by atoms with van der Waals surface area (Å²) >= 11 is 7.39. The van der Waals surface area contributed by atoms with Gasteiger partial charge in [0.15, 0.2) is 11.0 Å². The third-order valence-corrected chi connectivity index (χ3v) is 5.10. The molecule has 0 radical (unpaired) electrons. The lowest BCUT2D eigenvalue weighted by molar-refractivity contribution is -0.113. The number of hydrogen-bond acceptors (Lipinski definition) is 5. The molecule has 1 amide bonds. The molecule has 0 aliphatic rings. The zero-order chi connectivity index (χ0) is 18.0. The molecular weight excluding hydrogens is 360 g/mol. The van der Waals surface area contributed by atoms with Gasteiger partial charge in [-0.15, -0.1) is 10.2 Å². The molecule has 9 heteroatoms. The van der Waals surface area contributed by atoms with E-state index in [1.165, 1.54) is 11.8 Å². The van der Waals surface area contributed by atoms with E-state index in [0.29, 0.717) is 21.7 Å². The van der Waals surface area contributed by atoms with Crippen LogP contribution in [0.3, 0.4) is 0 Å². The zero-order valence-electron chi connectivity index (χ0n) is 14.0. The van der Waals surface area contributed by atoms with Crippen LogP contribution < -0.4 is 5.32 Å². The molecule has 2 aromatic heterocycles. The maximum absolute atomic E-state index is 12.2. The summed E-state index contributed by atoms with van der Waals surface area (Å²) in [5, 5.41) is 16.6. The van der Waals surface area contributed by atoms with Crippen LogP contribution >= 0.6 is 23.4 Å². The number of amides is 1. The lowest BCUT2D eigenvalue weighted by Gasteiger charge is -2.09. The summed E-state index contributed by atoms with van der Waals surface area (Å²) in [5.41, 5.74) is 2.44. The van der Waals surface area contributed by atoms with Gasteiger partial charge in [0, 0.05) is 31.0 Å². The van der Waals surface area contributed by atoms with Crippen molar-refractivity contribution in [2.24, 2.45) is 14.1 Å². The molecular formula is C16H17ClN6OS. The van der Waals surface area contributed by atoms with Crippen molar-refractivity contribution in [2.75, 3.05) is 11.1 Å². The molecule has 0 fully saturated rings. The molecule has 7 nitrogen and oxygen atoms in total. The molecule has 130 valence electrons. The minimum atomic E-state index is -0.124. The van der Waals surface area contributed by atoms with E-state index in [2.05, 4.69) is 20.6 Å². The Kier molecular flexibility index (Phi) is 5.10. The van der Waals surface area contributed by atoms with Gasteiger partial charge in [0.2, 0.25) is 5.91 Å². The van der Waals surface area contributed by atoms with Crippen molar-refractivity contribution in [3.05, 3.63) is 41.2 Å². The number of carbonyl (C=O) groups is 1. The van der Waals surface area contributed by atoms with E-state index in [0.717, 1.165) is 11.1 Å². The minimum absolute atomic E-state index is 0.124. The molecule has 0 atom stereocenters. The van der Waals surface area contributed by atoms with Gasteiger partial charge < -0.3 is 9.88 Å². The van der Waals surface area contributed by atoms with E-state index in [1.807, 2.05) is 37.8 Å². The van der Waals surface area contributed by atoms with Crippen LogP contribution in [0.1, 0.15) is 5.56 Å². The van der Waals surface area contributed by atoms with Gasteiger partial charge in [-0.05, 0) is 24.6 Å². The van der Waals surface area contributed by atoms with Gasteiger partial charge in [0.25, 0.3) is 0 Å². The molecule has 0 aliphatic heterocycles. The van der Waals surface area contributed by atoms with E-state index in [9.17, 15) is 4.79 Å². The summed E-state index contributed by atoms with van der Waals surface area (Å²) < 4.78 is 3.55. The number of aryl methyl sites for hydroxylation is 1. The van der Waals surface area contributed by atoms with Crippen molar-refractivity contribution in [1.82, 2.24) is 24.5 Å². The van der Waals surface area contributed by atoms with Crippen molar-refractivity contribution in [2.45, 2.75) is 12.1 Å². The summed E-state index contributed by atoms with van der Waals surface area (Å²) in [6, 6.07) is 5.42. The molecule has 0 bridgehead atoms. The maximum Gasteiger partial charge on any atom is 0.234 e. The van der Waals surface area contributed by atoms with Crippen molar-refractivity contribution in [3.63, 3.8) is 0 Å². The fourth-order valence-electron chi connectivity index (χ4n) is 2.29. The Balaban J connectivity index is 1.65. The predicted molar refractivity (Wildman–Crippen MR) is 98.7 cm³/mol. The monoisotopic (exact) mass is 376 g/mol. The molecule has 0 aliphatic carbocycles. The third-order valence-electron chi connectivity index (χ3n) is 3.67. The first kappa shape index (κ1) is 17.5. The Morgan fingerprint density at radius 2 is 2.12 bits per heavy atom. The minimum Gasteiger partial charge on any atom is -0.325 e. The molecule has 25 heavy (non-hydrogen) atoms. The predicted octanol–water partition coefficient (Wildman–Crippen LogP) is 2.91. The average molecular weight is 377 g/mol. The normalized spacial score (nSPS) is 10.9. The summed E-state index contributed by atoms with van der Waals surface area (Å²) in [6.07, 6.45) is 3.60. The fourth-order valence-corrected chi connectivity index (χ4v) is 3.17. The Morgan fingerprint density at radius 3 is 2.84 bits per heavy atom. The SMILES string of the molecule is Cc1c(Cl)cccc1NC(=O)CSc1nnc(-c2cnn(C)c2)n1C. The van der Waals surface area contributed by atoms with E-state index < -0.39 is 0 Å². The quantitative estimate of drug-likeness (QED) is 0.693. The highest BCUT2D eigenvalue weighted by atomic mass is 35.5. The van der Waals surface area contributed by atoms with Crippen LogP contribution in [0.25, 0.3) is 11.4 Å². The van der Waals surface area contributed by atoms with Crippen LogP contribution in [-0.2, 0) is 18.9 Å². The standard InChI is InChI=1S/C16H17ClN6OS/c1-10-12(17)5-4-6-13(10)19-14(24)9-25-16-21-20-15(23(16)3)11-7-18-22(2)8-11/h4-8H,9H2,1-3H3,(H,19,24). The molecule has 0 saturated heterocycles. The van der Waals surface area contributed by atoms with Crippen LogP contribution in [0, 0.1) is 6.92 Å². The Labute approximate surface area is 154 Å². The molecule has 1 aromatic carbocycles. The van der Waals surface area contributed by atoms with Crippen molar-refractivity contribution in [1.29, 1.82) is 0 Å². The second-order valence-electron chi connectivity index (χ2n) is 5.52. The second kappa shape index (κ2) is 7.28. The van der Waals surface area contributed by atoms with E-state index in [-0.39, 0.29) is 11.7 Å². The third kappa shape index (κ3) is 3.85. The van der Waals surface area contributed by atoms with Crippen molar-refractivity contribution in [3.8, 4) is 11.4 Å². The molecule has 0 unspecified atom stereocenters. The van der Waals surface area contributed by atoms with Gasteiger partial charge >= 0.3 is 0 Å². The smallest absolute Gasteiger partial charge is 0.234 e. The Morgan fingerprint density at radius 1 is 1.32 bits per heavy atom. The number of hydrogen-bond donors (Lipinski definition) is 1. The van der Waals surface area contributed by atoms with Gasteiger partial charge in [-0.1, -0.05) is 29.4 Å². The highest BCUT2D eigenvalue weighted by molar-refractivity contribution is 7.99. The van der Waals surface area contributed by atoms with Crippen LogP contribution in [-0.4, -0.2) is 36.2 Å². The summed E-state index contributed by atoms with van der Waals surface area (Å²) in [4.78, 5) is 12.2. The zero-order valence-corrected chi connectivity index (χ0v) is 15.6. The Bertz CT molecular complexity index is 919. The second-order valence-corrected chi connectivity index (χ2v) is 6.87. The molecule has 3 aromatic rings. The van der Waals surface area contributed by atoms with Crippen LogP contribution in [0.2, 0.25) is 5.02 Å². The van der Waals surface area contributed by atoms with Gasteiger partial charge in [-0.3, -0.25) is 9.48 Å². The van der Waals surface area contributed by atoms with Gasteiger partial charge in [-0.2, -0.15) is 5.10 Å². The molecule has 2 heterocycles. The first-order valence-corrected chi connectivity index (χ1v) is 8.88. The number of rotatable bonds is 5. The number of thioether (sulfide) groups is 1. The lowest BCUT2D eigenvalue weighted by atomic mass is 10.2. The first-order chi connectivity index (χ1) is 12.0. The number of nitrogens with zero attached hydrogens (tertiary/aromatic N) is 5. The molecule has 0 saturated carbocycles. The first-order valence-electron chi connectivity index (χ1n) is 7.52. The van der Waals surface area contributed by atoms with Gasteiger partial charge in [0.1, 0.15) is 0 Å². The largest absolute Gasteiger partial charge is 0.325 e. The highest BCUT2D eigenvalue weighted by Crippen LogP contribution is 2.24. The van der Waals surface area contributed by atoms with Crippen LogP contribution in [0.15, 0.2) is 35.7 Å². The number of aromatic nitrogens is 5. The summed E-state index contributed by atoms with van der Waals surface area (Å²) in [6.45, 7) is 1.87. The molecule has 3 rings (SSSR count). The summed E-state index contributed by atoms with van der Waals surface area (Å²) in [5.74, 6) is 0.813. The van der Waals surface area contributed by atoms with Crippen LogP contribution in [0.5, 0.6) is 0 Å². The number of anilines is 1. The van der Waals surface area contributed by atoms with E-state index in [4.69, 9.17) is 11.6 Å². The number of halogens is 1. The number of nitrogens with one attached hydrogen (secondary N) is 1. The van der Waals surface area contributed by atoms with Crippen molar-refractivity contribution < 1.29 is 4.79 Å². The lowest BCUT2D eigenvalue weighted by Crippen LogP contribution is -2.15. The van der Waals surface area contributed by atoms with Crippen molar-refractivity contribution >= 4 is 35.0 Å². The number of carbonyl (C=O) groups excluding carboxylic acids is 1. The fraction of sp³-hybridized carbons (Fsp3) is 0.250. The molecule has 1 N–H and O–H groups in total. The molecule has 0 spiro atoms. The van der Waals surface area contributed by atoms with Gasteiger partial charge in [0.05, 0.1) is 17.5 Å². The average Bonchev–Trinajstić information content (AvgIpc) is 3.16. The maximum atomic E-state index is 12.2. The van der Waals surface area contributed by atoms with E-state index in [1.54, 1.807) is 23.0 Å². The van der Waals surface area contributed by atoms with Gasteiger partial charge in [-0.25, -0.2) is 0 Å². The Hall–Kier alpha value is -2.32.